The lowest BCUT2D eigenvalue weighted by atomic mass is 10.2. The fourth-order valence-corrected chi connectivity index (χ4v) is 2.33. The van der Waals surface area contributed by atoms with Crippen LogP contribution >= 0.6 is 23.4 Å². The van der Waals surface area contributed by atoms with Crippen LogP contribution in [-0.2, 0) is 0 Å². The van der Waals surface area contributed by atoms with Crippen molar-refractivity contribution in [2.45, 2.75) is 11.3 Å². The minimum atomic E-state index is -4.75. The zero-order valence-corrected chi connectivity index (χ0v) is 11.9. The van der Waals surface area contributed by atoms with Crippen LogP contribution in [0.4, 0.5) is 13.2 Å². The summed E-state index contributed by atoms with van der Waals surface area (Å²) in [5.41, 5.74) is 0.282. The van der Waals surface area contributed by atoms with Crippen LogP contribution < -0.4 is 4.74 Å². The number of hydrogen-bond acceptors (Lipinski definition) is 3. The summed E-state index contributed by atoms with van der Waals surface area (Å²) in [6, 6.07) is 11.4. The second kappa shape index (κ2) is 6.41. The molecule has 0 aromatic heterocycles. The van der Waals surface area contributed by atoms with Gasteiger partial charge in [0.1, 0.15) is 5.75 Å². The molecule has 0 N–H and O–H groups in total. The number of halogens is 4. The normalized spacial score (nSPS) is 11.2. The maximum atomic E-state index is 12.0. The van der Waals surface area contributed by atoms with Gasteiger partial charge in [0.05, 0.1) is 0 Å². The smallest absolute Gasteiger partial charge is 0.406 e. The molecule has 0 aliphatic carbocycles. The van der Waals surface area contributed by atoms with Gasteiger partial charge in [0.2, 0.25) is 5.12 Å². The number of hydrogen-bond donors (Lipinski definition) is 0. The fraction of sp³-hybridized carbons (Fsp3) is 0.0714. The van der Waals surface area contributed by atoms with E-state index in [-0.39, 0.29) is 16.4 Å². The molecule has 0 amide bonds. The average molecular weight is 333 g/mol. The van der Waals surface area contributed by atoms with E-state index in [0.29, 0.717) is 9.92 Å². The van der Waals surface area contributed by atoms with E-state index in [9.17, 15) is 18.0 Å². The van der Waals surface area contributed by atoms with Gasteiger partial charge in [0.25, 0.3) is 0 Å². The van der Waals surface area contributed by atoms with Gasteiger partial charge in [0, 0.05) is 15.5 Å². The van der Waals surface area contributed by atoms with E-state index in [2.05, 4.69) is 4.74 Å². The number of alkyl halides is 3. The topological polar surface area (TPSA) is 26.3 Å². The molecule has 0 bridgehead atoms. The first-order valence-corrected chi connectivity index (χ1v) is 6.86. The molecular weight excluding hydrogens is 325 g/mol. The summed E-state index contributed by atoms with van der Waals surface area (Å²) in [5.74, 6) is -0.365. The van der Waals surface area contributed by atoms with Crippen LogP contribution in [0, 0.1) is 0 Å². The van der Waals surface area contributed by atoms with Crippen molar-refractivity contribution in [1.82, 2.24) is 0 Å². The Labute approximate surface area is 127 Å². The largest absolute Gasteiger partial charge is 0.573 e. The Morgan fingerprint density at radius 2 is 1.57 bits per heavy atom. The second-order valence-corrected chi connectivity index (χ2v) is 5.40. The average Bonchev–Trinajstić information content (AvgIpc) is 2.40. The maximum Gasteiger partial charge on any atom is 0.573 e. The van der Waals surface area contributed by atoms with E-state index < -0.39 is 6.36 Å². The van der Waals surface area contributed by atoms with Crippen LogP contribution in [0.25, 0.3) is 0 Å². The zero-order chi connectivity index (χ0) is 15.5. The summed E-state index contributed by atoms with van der Waals surface area (Å²) in [7, 11) is 0. The van der Waals surface area contributed by atoms with Gasteiger partial charge in [-0.15, -0.1) is 13.2 Å². The molecule has 0 radical (unpaired) electrons. The van der Waals surface area contributed by atoms with Crippen molar-refractivity contribution in [2.75, 3.05) is 0 Å². The summed E-state index contributed by atoms with van der Waals surface area (Å²) >= 11 is 6.70. The van der Waals surface area contributed by atoms with Crippen molar-refractivity contribution >= 4 is 28.5 Å². The lowest BCUT2D eigenvalue weighted by Crippen LogP contribution is -2.17. The number of carbonyl (C=O) groups is 1. The third-order valence-corrected chi connectivity index (χ3v) is 3.53. The Bertz CT molecular complexity index is 624. The van der Waals surface area contributed by atoms with Gasteiger partial charge in [-0.25, -0.2) is 0 Å². The van der Waals surface area contributed by atoms with Crippen LogP contribution in [-0.4, -0.2) is 11.5 Å². The molecule has 21 heavy (non-hydrogen) atoms. The van der Waals surface area contributed by atoms with E-state index in [1.54, 1.807) is 24.3 Å². The molecule has 0 aliphatic rings. The fourth-order valence-electron chi connectivity index (χ4n) is 1.46. The highest BCUT2D eigenvalue weighted by Crippen LogP contribution is 2.27. The highest BCUT2D eigenvalue weighted by atomic mass is 35.5. The monoisotopic (exact) mass is 332 g/mol. The summed E-state index contributed by atoms with van der Waals surface area (Å²) in [6.45, 7) is 0. The summed E-state index contributed by atoms with van der Waals surface area (Å²) in [6.07, 6.45) is -4.75. The van der Waals surface area contributed by atoms with E-state index in [4.69, 9.17) is 11.6 Å². The van der Waals surface area contributed by atoms with Crippen molar-refractivity contribution < 1.29 is 22.7 Å². The van der Waals surface area contributed by atoms with E-state index in [1.165, 1.54) is 12.1 Å². The molecule has 0 saturated heterocycles. The number of thioether (sulfide) groups is 1. The Morgan fingerprint density at radius 1 is 1.00 bits per heavy atom. The minimum absolute atomic E-state index is 0.282. The molecule has 2 rings (SSSR count). The van der Waals surface area contributed by atoms with Gasteiger partial charge < -0.3 is 4.74 Å². The Balaban J connectivity index is 2.04. The first-order chi connectivity index (χ1) is 9.83. The number of carbonyl (C=O) groups excluding carboxylic acids is 1. The van der Waals surface area contributed by atoms with Crippen LogP contribution in [0.15, 0.2) is 53.4 Å². The van der Waals surface area contributed by atoms with Crippen LogP contribution in [0.2, 0.25) is 5.02 Å². The predicted molar refractivity (Wildman–Crippen MR) is 74.8 cm³/mol. The van der Waals surface area contributed by atoms with Crippen molar-refractivity contribution in [3.05, 3.63) is 59.1 Å². The third-order valence-electron chi connectivity index (χ3n) is 2.35. The highest BCUT2D eigenvalue weighted by Gasteiger charge is 2.31. The molecule has 2 nitrogen and oxygen atoms in total. The third kappa shape index (κ3) is 4.99. The molecule has 0 unspecified atom stereocenters. The van der Waals surface area contributed by atoms with Crippen LogP contribution in [0.5, 0.6) is 5.75 Å². The van der Waals surface area contributed by atoms with Crippen molar-refractivity contribution in [1.29, 1.82) is 0 Å². The van der Waals surface area contributed by atoms with Gasteiger partial charge >= 0.3 is 6.36 Å². The molecule has 110 valence electrons. The summed E-state index contributed by atoms with van der Waals surface area (Å²) < 4.78 is 39.8. The zero-order valence-electron chi connectivity index (χ0n) is 10.4. The Kier molecular flexibility index (Phi) is 4.80. The standard InChI is InChI=1S/C14H8ClF3O2S/c15-10-3-7-12(8-4-10)21-13(19)9-1-5-11(6-2-9)20-14(16,17)18/h1-8H. The first kappa shape index (κ1) is 15.7. The van der Waals surface area contributed by atoms with Crippen molar-refractivity contribution in [3.63, 3.8) is 0 Å². The highest BCUT2D eigenvalue weighted by molar-refractivity contribution is 8.14. The summed E-state index contributed by atoms with van der Waals surface area (Å²) in [4.78, 5) is 12.7. The SMILES string of the molecule is O=C(Sc1ccc(Cl)cc1)c1ccc(OC(F)(F)F)cc1. The van der Waals surface area contributed by atoms with Gasteiger partial charge in [-0.2, -0.15) is 0 Å². The lowest BCUT2D eigenvalue weighted by Gasteiger charge is -2.08. The molecule has 7 heteroatoms. The molecule has 2 aromatic carbocycles. The van der Waals surface area contributed by atoms with E-state index in [0.717, 1.165) is 23.9 Å². The molecule has 0 spiro atoms. The lowest BCUT2D eigenvalue weighted by molar-refractivity contribution is -0.274. The van der Waals surface area contributed by atoms with E-state index >= 15 is 0 Å². The summed E-state index contributed by atoms with van der Waals surface area (Å²) in [5, 5.41) is 0.274. The molecular formula is C14H8ClF3O2S. The number of rotatable bonds is 3. The number of ether oxygens (including phenoxy) is 1. The molecule has 2 aromatic rings. The quantitative estimate of drug-likeness (QED) is 0.725. The van der Waals surface area contributed by atoms with Crippen molar-refractivity contribution in [2.24, 2.45) is 0 Å². The van der Waals surface area contributed by atoms with Crippen molar-refractivity contribution in [3.8, 4) is 5.75 Å². The predicted octanol–water partition coefficient (Wildman–Crippen LogP) is 5.17. The molecule has 0 aliphatic heterocycles. The second-order valence-electron chi connectivity index (χ2n) is 3.92. The minimum Gasteiger partial charge on any atom is -0.406 e. The number of benzene rings is 2. The van der Waals surface area contributed by atoms with E-state index in [1.807, 2.05) is 0 Å². The first-order valence-electron chi connectivity index (χ1n) is 5.67. The molecule has 0 fully saturated rings. The Morgan fingerprint density at radius 3 is 2.10 bits per heavy atom. The Hall–Kier alpha value is -1.66. The molecule has 0 heterocycles. The molecule has 0 atom stereocenters. The van der Waals surface area contributed by atoms with Gasteiger partial charge in [-0.05, 0) is 60.3 Å². The van der Waals surface area contributed by atoms with Gasteiger partial charge in [-0.1, -0.05) is 11.6 Å². The van der Waals surface area contributed by atoms with Crippen LogP contribution in [0.3, 0.4) is 0 Å². The molecule has 0 saturated carbocycles. The van der Waals surface area contributed by atoms with Crippen LogP contribution in [0.1, 0.15) is 10.4 Å². The van der Waals surface area contributed by atoms with Gasteiger partial charge in [-0.3, -0.25) is 4.79 Å². The maximum absolute atomic E-state index is 12.0. The van der Waals surface area contributed by atoms with Gasteiger partial charge in [0.15, 0.2) is 0 Å².